The van der Waals surface area contributed by atoms with E-state index in [0.717, 1.165) is 0 Å². The summed E-state index contributed by atoms with van der Waals surface area (Å²) in [5, 5.41) is 16.9. The lowest BCUT2D eigenvalue weighted by Crippen LogP contribution is -2.31. The molecule has 0 aliphatic heterocycles. The van der Waals surface area contributed by atoms with E-state index in [9.17, 15) is 4.79 Å². The molecule has 29 heavy (non-hydrogen) atoms. The van der Waals surface area contributed by atoms with E-state index in [0.29, 0.717) is 45.9 Å². The SMILES string of the molecule is CCNC(=S)N/N=C\c1cc(Cl)c(OCc2cccc(C(=O)O)c2)c(OCC)c1. The molecule has 0 radical (unpaired) electrons. The highest BCUT2D eigenvalue weighted by Crippen LogP contribution is 2.37. The van der Waals surface area contributed by atoms with Crippen molar-refractivity contribution in [1.82, 2.24) is 10.7 Å². The van der Waals surface area contributed by atoms with E-state index < -0.39 is 5.97 Å². The number of aromatic carboxylic acids is 1. The summed E-state index contributed by atoms with van der Waals surface area (Å²) in [6.07, 6.45) is 1.57. The van der Waals surface area contributed by atoms with Crippen molar-refractivity contribution in [2.24, 2.45) is 5.10 Å². The maximum absolute atomic E-state index is 11.1. The van der Waals surface area contributed by atoms with E-state index in [1.807, 2.05) is 13.8 Å². The van der Waals surface area contributed by atoms with Gasteiger partial charge in [0.05, 0.1) is 23.4 Å². The summed E-state index contributed by atoms with van der Waals surface area (Å²) in [7, 11) is 0. The Morgan fingerprint density at radius 3 is 2.76 bits per heavy atom. The summed E-state index contributed by atoms with van der Waals surface area (Å²) in [5.74, 6) is -0.154. The van der Waals surface area contributed by atoms with Gasteiger partial charge < -0.3 is 19.9 Å². The van der Waals surface area contributed by atoms with Gasteiger partial charge in [-0.25, -0.2) is 4.79 Å². The zero-order chi connectivity index (χ0) is 21.2. The highest BCUT2D eigenvalue weighted by molar-refractivity contribution is 7.80. The molecule has 0 bridgehead atoms. The summed E-state index contributed by atoms with van der Waals surface area (Å²) < 4.78 is 11.5. The van der Waals surface area contributed by atoms with Gasteiger partial charge in [0.2, 0.25) is 0 Å². The van der Waals surface area contributed by atoms with Crippen LogP contribution in [0.3, 0.4) is 0 Å². The van der Waals surface area contributed by atoms with E-state index in [4.69, 9.17) is 38.4 Å². The van der Waals surface area contributed by atoms with Crippen LogP contribution in [-0.4, -0.2) is 35.6 Å². The van der Waals surface area contributed by atoms with Crippen molar-refractivity contribution < 1.29 is 19.4 Å². The van der Waals surface area contributed by atoms with Gasteiger partial charge >= 0.3 is 5.97 Å². The Labute approximate surface area is 179 Å². The molecule has 2 rings (SSSR count). The molecule has 7 nitrogen and oxygen atoms in total. The van der Waals surface area contributed by atoms with Gasteiger partial charge in [-0.2, -0.15) is 5.10 Å². The topological polar surface area (TPSA) is 92.2 Å². The van der Waals surface area contributed by atoms with Crippen molar-refractivity contribution in [2.75, 3.05) is 13.2 Å². The molecule has 0 amide bonds. The first-order valence-corrected chi connectivity index (χ1v) is 9.71. The van der Waals surface area contributed by atoms with E-state index in [-0.39, 0.29) is 12.2 Å². The molecule has 0 spiro atoms. The van der Waals surface area contributed by atoms with Gasteiger partial charge in [-0.05, 0) is 61.5 Å². The second-order valence-electron chi connectivity index (χ2n) is 5.79. The summed E-state index contributed by atoms with van der Waals surface area (Å²) in [6, 6.07) is 9.96. The number of halogens is 1. The molecule has 0 aliphatic carbocycles. The largest absolute Gasteiger partial charge is 0.490 e. The molecule has 0 heterocycles. The highest BCUT2D eigenvalue weighted by Gasteiger charge is 2.13. The molecule has 0 atom stereocenters. The standard InChI is InChI=1S/C20H22ClN3O4S/c1-3-22-20(29)24-23-11-14-9-16(21)18(17(10-14)27-4-2)28-12-13-6-5-7-15(8-13)19(25)26/h5-11H,3-4,12H2,1-2H3,(H,25,26)(H2,22,24,29)/b23-11-. The number of hydrazone groups is 1. The average Bonchev–Trinajstić information content (AvgIpc) is 2.68. The van der Waals surface area contributed by atoms with E-state index in [1.54, 1.807) is 36.5 Å². The molecule has 0 saturated heterocycles. The molecule has 3 N–H and O–H groups in total. The molecule has 0 aromatic heterocycles. The Kier molecular flexibility index (Phi) is 8.69. The van der Waals surface area contributed by atoms with Gasteiger partial charge in [-0.15, -0.1) is 0 Å². The van der Waals surface area contributed by atoms with Crippen LogP contribution in [0.4, 0.5) is 0 Å². The third-order valence-electron chi connectivity index (χ3n) is 3.61. The fourth-order valence-electron chi connectivity index (χ4n) is 2.38. The molecule has 154 valence electrons. The van der Waals surface area contributed by atoms with Crippen molar-refractivity contribution in [3.8, 4) is 11.5 Å². The maximum atomic E-state index is 11.1. The number of rotatable bonds is 9. The monoisotopic (exact) mass is 435 g/mol. The Morgan fingerprint density at radius 1 is 1.28 bits per heavy atom. The Morgan fingerprint density at radius 2 is 2.07 bits per heavy atom. The molecule has 9 heteroatoms. The van der Waals surface area contributed by atoms with Crippen LogP contribution in [0, 0.1) is 0 Å². The first-order valence-electron chi connectivity index (χ1n) is 8.92. The predicted molar refractivity (Wildman–Crippen MR) is 117 cm³/mol. The van der Waals surface area contributed by atoms with Gasteiger partial charge in [-0.1, -0.05) is 23.7 Å². The second-order valence-corrected chi connectivity index (χ2v) is 6.60. The number of hydrogen-bond donors (Lipinski definition) is 3. The number of carboxylic acid groups (broad SMARTS) is 1. The third kappa shape index (κ3) is 6.92. The van der Waals surface area contributed by atoms with Gasteiger partial charge in [0.1, 0.15) is 6.61 Å². The van der Waals surface area contributed by atoms with Crippen LogP contribution in [-0.2, 0) is 6.61 Å². The van der Waals surface area contributed by atoms with Crippen LogP contribution in [0.25, 0.3) is 0 Å². The first kappa shape index (κ1) is 22.4. The molecular weight excluding hydrogens is 414 g/mol. The average molecular weight is 436 g/mol. The second kappa shape index (κ2) is 11.2. The summed E-state index contributed by atoms with van der Waals surface area (Å²) in [5.41, 5.74) is 4.30. The van der Waals surface area contributed by atoms with Crippen LogP contribution in [0.5, 0.6) is 11.5 Å². The van der Waals surface area contributed by atoms with Crippen LogP contribution in [0.15, 0.2) is 41.5 Å². The Hall–Kier alpha value is -2.84. The zero-order valence-corrected chi connectivity index (χ0v) is 17.6. The minimum absolute atomic E-state index is 0.146. The van der Waals surface area contributed by atoms with Gasteiger partial charge in [-0.3, -0.25) is 5.43 Å². The number of nitrogens with zero attached hydrogens (tertiary/aromatic N) is 1. The number of thiocarbonyl (C=S) groups is 1. The van der Waals surface area contributed by atoms with Crippen LogP contribution < -0.4 is 20.2 Å². The van der Waals surface area contributed by atoms with Crippen molar-refractivity contribution in [3.05, 3.63) is 58.1 Å². The number of carboxylic acids is 1. The van der Waals surface area contributed by atoms with E-state index >= 15 is 0 Å². The van der Waals surface area contributed by atoms with Gasteiger partial charge in [0.25, 0.3) is 0 Å². The summed E-state index contributed by atoms with van der Waals surface area (Å²) in [6.45, 7) is 5.05. The Balaban J connectivity index is 2.17. The predicted octanol–water partition coefficient (Wildman–Crippen LogP) is 3.83. The lowest BCUT2D eigenvalue weighted by molar-refractivity contribution is 0.0696. The van der Waals surface area contributed by atoms with Gasteiger partial charge in [0.15, 0.2) is 16.6 Å². The molecule has 0 aliphatic rings. The number of ether oxygens (including phenoxy) is 2. The van der Waals surface area contributed by atoms with E-state index in [2.05, 4.69) is 15.8 Å². The van der Waals surface area contributed by atoms with Crippen LogP contribution >= 0.6 is 23.8 Å². The zero-order valence-electron chi connectivity index (χ0n) is 16.1. The minimum Gasteiger partial charge on any atom is -0.490 e. The summed E-state index contributed by atoms with van der Waals surface area (Å²) in [4.78, 5) is 11.1. The fourth-order valence-corrected chi connectivity index (χ4v) is 2.85. The third-order valence-corrected chi connectivity index (χ3v) is 4.12. The van der Waals surface area contributed by atoms with Crippen LogP contribution in [0.1, 0.15) is 35.3 Å². The lowest BCUT2D eigenvalue weighted by Gasteiger charge is -2.14. The molecule has 0 fully saturated rings. The lowest BCUT2D eigenvalue weighted by atomic mass is 10.1. The molecule has 0 unspecified atom stereocenters. The van der Waals surface area contributed by atoms with Crippen molar-refractivity contribution in [2.45, 2.75) is 20.5 Å². The number of hydrogen-bond acceptors (Lipinski definition) is 5. The quantitative estimate of drug-likeness (QED) is 0.313. The van der Waals surface area contributed by atoms with Gasteiger partial charge in [0, 0.05) is 6.54 Å². The number of nitrogens with one attached hydrogen (secondary N) is 2. The molecule has 2 aromatic rings. The number of carbonyl (C=O) groups is 1. The highest BCUT2D eigenvalue weighted by atomic mass is 35.5. The fraction of sp³-hybridized carbons (Fsp3) is 0.250. The van der Waals surface area contributed by atoms with Crippen molar-refractivity contribution >= 4 is 41.1 Å². The van der Waals surface area contributed by atoms with Crippen LogP contribution in [0.2, 0.25) is 5.02 Å². The molecule has 0 saturated carbocycles. The maximum Gasteiger partial charge on any atom is 0.335 e. The van der Waals surface area contributed by atoms with Crippen molar-refractivity contribution in [3.63, 3.8) is 0 Å². The van der Waals surface area contributed by atoms with Crippen molar-refractivity contribution in [1.29, 1.82) is 0 Å². The smallest absolute Gasteiger partial charge is 0.335 e. The minimum atomic E-state index is -0.995. The first-order chi connectivity index (χ1) is 13.9. The van der Waals surface area contributed by atoms with E-state index in [1.165, 1.54) is 6.07 Å². The number of benzene rings is 2. The normalized spacial score (nSPS) is 10.6. The molecule has 2 aromatic carbocycles. The summed E-state index contributed by atoms with van der Waals surface area (Å²) >= 11 is 11.4. The Bertz CT molecular complexity index is 905. The molecular formula is C20H22ClN3O4S.